The highest BCUT2D eigenvalue weighted by atomic mass is 16.2. The Balaban J connectivity index is 1.99. The zero-order chi connectivity index (χ0) is 10.7. The number of carbonyl (C=O) groups excluding carboxylic acids is 1. The molecule has 0 saturated carbocycles. The fraction of sp³-hybridized carbons (Fsp3) is 0.300. The van der Waals surface area contributed by atoms with Gasteiger partial charge in [-0.3, -0.25) is 4.79 Å². The van der Waals surface area contributed by atoms with E-state index in [1.807, 2.05) is 31.2 Å². The van der Waals surface area contributed by atoms with Crippen LogP contribution in [0.1, 0.15) is 12.0 Å². The minimum absolute atomic E-state index is 0.0159. The van der Waals surface area contributed by atoms with E-state index in [-0.39, 0.29) is 5.91 Å². The van der Waals surface area contributed by atoms with Gasteiger partial charge in [0, 0.05) is 6.42 Å². The normalized spacial score (nSPS) is 16.1. The molecule has 0 radical (unpaired) electrons. The molecule has 1 fully saturated rings. The number of nitrogens with zero attached hydrogens (tertiary/aromatic N) is 3. The molecule has 78 valence electrons. The van der Waals surface area contributed by atoms with Crippen molar-refractivity contribution in [2.24, 2.45) is 10.3 Å². The summed E-state index contributed by atoms with van der Waals surface area (Å²) in [5, 5.41) is 9.35. The lowest BCUT2D eigenvalue weighted by atomic mass is 10.2. The third kappa shape index (κ3) is 2.52. The Morgan fingerprint density at radius 1 is 1.33 bits per heavy atom. The molecule has 0 spiro atoms. The summed E-state index contributed by atoms with van der Waals surface area (Å²) in [6.45, 7) is 2.59. The molecule has 1 aliphatic heterocycles. The number of carbonyl (C=O) groups is 1. The van der Waals surface area contributed by atoms with Gasteiger partial charge in [0.2, 0.25) is 5.91 Å². The largest absolute Gasteiger partial charge is 0.273 e. The van der Waals surface area contributed by atoms with Crippen molar-refractivity contribution < 1.29 is 4.79 Å². The van der Waals surface area contributed by atoms with E-state index in [9.17, 15) is 4.79 Å². The van der Waals surface area contributed by atoms with E-state index in [1.54, 1.807) is 0 Å². The third-order valence-corrected chi connectivity index (χ3v) is 2.11. The van der Waals surface area contributed by atoms with Gasteiger partial charge in [0.05, 0.1) is 12.2 Å². The first-order chi connectivity index (χ1) is 7.24. The Morgan fingerprint density at radius 2 is 2.07 bits per heavy atom. The van der Waals surface area contributed by atoms with Crippen LogP contribution in [-0.4, -0.2) is 17.6 Å². The van der Waals surface area contributed by atoms with E-state index < -0.39 is 0 Å². The minimum atomic E-state index is -0.0159. The van der Waals surface area contributed by atoms with Gasteiger partial charge in [-0.15, -0.1) is 5.11 Å². The SMILES string of the molecule is Cc1ccc(N=NN2CCC(=O)N2)cc1. The van der Waals surface area contributed by atoms with Crippen molar-refractivity contribution in [2.75, 3.05) is 6.54 Å². The molecule has 0 aliphatic carbocycles. The van der Waals surface area contributed by atoms with Crippen LogP contribution in [-0.2, 0) is 4.79 Å². The lowest BCUT2D eigenvalue weighted by Crippen LogP contribution is -2.27. The molecule has 1 aromatic carbocycles. The van der Waals surface area contributed by atoms with Gasteiger partial charge >= 0.3 is 0 Å². The number of benzene rings is 1. The van der Waals surface area contributed by atoms with Gasteiger partial charge in [-0.1, -0.05) is 22.9 Å². The third-order valence-electron chi connectivity index (χ3n) is 2.11. The van der Waals surface area contributed by atoms with Gasteiger partial charge in [0.15, 0.2) is 0 Å². The molecular formula is C10H12N4O. The van der Waals surface area contributed by atoms with Crippen LogP contribution in [0.2, 0.25) is 0 Å². The highest BCUT2D eigenvalue weighted by molar-refractivity contribution is 5.77. The summed E-state index contributed by atoms with van der Waals surface area (Å²) in [6.07, 6.45) is 0.479. The summed E-state index contributed by atoms with van der Waals surface area (Å²) in [5.41, 5.74) is 4.53. The maximum absolute atomic E-state index is 10.9. The van der Waals surface area contributed by atoms with Crippen molar-refractivity contribution in [3.63, 3.8) is 0 Å². The zero-order valence-electron chi connectivity index (χ0n) is 8.47. The van der Waals surface area contributed by atoms with E-state index in [0.29, 0.717) is 13.0 Å². The summed E-state index contributed by atoms with van der Waals surface area (Å²) in [6, 6.07) is 7.71. The van der Waals surface area contributed by atoms with E-state index in [2.05, 4.69) is 15.8 Å². The van der Waals surface area contributed by atoms with Crippen molar-refractivity contribution in [1.29, 1.82) is 0 Å². The predicted octanol–water partition coefficient (Wildman–Crippen LogP) is 1.73. The molecule has 1 amide bonds. The summed E-state index contributed by atoms with van der Waals surface area (Å²) >= 11 is 0. The molecule has 2 rings (SSSR count). The molecule has 1 aliphatic rings. The van der Waals surface area contributed by atoms with E-state index in [0.717, 1.165) is 5.69 Å². The van der Waals surface area contributed by atoms with Crippen LogP contribution in [0, 0.1) is 6.92 Å². The molecule has 0 aromatic heterocycles. The van der Waals surface area contributed by atoms with Crippen molar-refractivity contribution in [2.45, 2.75) is 13.3 Å². The fourth-order valence-electron chi connectivity index (χ4n) is 1.25. The lowest BCUT2D eigenvalue weighted by molar-refractivity contribution is -0.121. The monoisotopic (exact) mass is 204 g/mol. The lowest BCUT2D eigenvalue weighted by Gasteiger charge is -2.06. The predicted molar refractivity (Wildman–Crippen MR) is 55.2 cm³/mol. The van der Waals surface area contributed by atoms with Crippen LogP contribution >= 0.6 is 0 Å². The fourth-order valence-corrected chi connectivity index (χ4v) is 1.25. The molecule has 0 unspecified atom stereocenters. The second-order valence-corrected chi connectivity index (χ2v) is 3.43. The molecule has 5 nitrogen and oxygen atoms in total. The quantitative estimate of drug-likeness (QED) is 0.746. The first-order valence-corrected chi connectivity index (χ1v) is 4.79. The molecular weight excluding hydrogens is 192 g/mol. The van der Waals surface area contributed by atoms with Crippen LogP contribution in [0.15, 0.2) is 34.6 Å². The highest BCUT2D eigenvalue weighted by Gasteiger charge is 2.16. The van der Waals surface area contributed by atoms with E-state index in [1.165, 1.54) is 10.7 Å². The Hall–Kier alpha value is -1.91. The average Bonchev–Trinajstić information content (AvgIpc) is 2.64. The molecule has 0 bridgehead atoms. The van der Waals surface area contributed by atoms with Crippen LogP contribution in [0.3, 0.4) is 0 Å². The second-order valence-electron chi connectivity index (χ2n) is 3.43. The topological polar surface area (TPSA) is 57.1 Å². The van der Waals surface area contributed by atoms with Gasteiger partial charge in [-0.05, 0) is 19.1 Å². The average molecular weight is 204 g/mol. The van der Waals surface area contributed by atoms with Gasteiger partial charge in [-0.25, -0.2) is 5.43 Å². The van der Waals surface area contributed by atoms with Crippen molar-refractivity contribution in [3.05, 3.63) is 29.8 Å². The smallest absolute Gasteiger partial charge is 0.241 e. The number of aryl methyl sites for hydroxylation is 1. The summed E-state index contributed by atoms with van der Waals surface area (Å²) in [4.78, 5) is 10.9. The Morgan fingerprint density at radius 3 is 2.67 bits per heavy atom. The van der Waals surface area contributed by atoms with E-state index >= 15 is 0 Å². The molecule has 0 atom stereocenters. The zero-order valence-corrected chi connectivity index (χ0v) is 8.47. The number of hydrazine groups is 1. The van der Waals surface area contributed by atoms with E-state index in [4.69, 9.17) is 0 Å². The van der Waals surface area contributed by atoms with Crippen molar-refractivity contribution >= 4 is 11.6 Å². The van der Waals surface area contributed by atoms with Crippen LogP contribution < -0.4 is 5.43 Å². The maximum Gasteiger partial charge on any atom is 0.241 e. The number of hydrogen-bond donors (Lipinski definition) is 1. The first kappa shape index (κ1) is 9.64. The van der Waals surface area contributed by atoms with Crippen molar-refractivity contribution in [3.8, 4) is 0 Å². The van der Waals surface area contributed by atoms with Gasteiger partial charge in [-0.2, -0.15) is 5.12 Å². The van der Waals surface area contributed by atoms with Gasteiger partial charge in [0.1, 0.15) is 0 Å². The van der Waals surface area contributed by atoms with Gasteiger partial charge in [0.25, 0.3) is 0 Å². The Kier molecular flexibility index (Phi) is 2.62. The van der Waals surface area contributed by atoms with Gasteiger partial charge < -0.3 is 0 Å². The Bertz CT molecular complexity index is 385. The highest BCUT2D eigenvalue weighted by Crippen LogP contribution is 2.13. The van der Waals surface area contributed by atoms with Crippen molar-refractivity contribution in [1.82, 2.24) is 10.5 Å². The summed E-state index contributed by atoms with van der Waals surface area (Å²) in [7, 11) is 0. The molecule has 5 heteroatoms. The minimum Gasteiger partial charge on any atom is -0.273 e. The number of hydrogen-bond acceptors (Lipinski definition) is 3. The standard InChI is InChI=1S/C10H12N4O/c1-8-2-4-9(5-3-8)11-13-14-7-6-10(15)12-14/h2-5H,6-7H2,1H3,(H,12,15). The first-order valence-electron chi connectivity index (χ1n) is 4.79. The maximum atomic E-state index is 10.9. The number of amides is 1. The van der Waals surface area contributed by atoms with Crippen LogP contribution in [0.5, 0.6) is 0 Å². The molecule has 1 heterocycles. The number of rotatable bonds is 2. The second kappa shape index (κ2) is 4.08. The molecule has 1 saturated heterocycles. The summed E-state index contributed by atoms with van der Waals surface area (Å²) < 4.78 is 0. The molecule has 1 N–H and O–H groups in total. The molecule has 1 aromatic rings. The molecule has 15 heavy (non-hydrogen) atoms. The van der Waals surface area contributed by atoms with Crippen LogP contribution in [0.4, 0.5) is 5.69 Å². The van der Waals surface area contributed by atoms with Crippen LogP contribution in [0.25, 0.3) is 0 Å². The number of nitrogens with one attached hydrogen (secondary N) is 1. The summed E-state index contributed by atoms with van der Waals surface area (Å²) in [5.74, 6) is -0.0159. The Labute approximate surface area is 87.7 Å².